The molecule has 107 heavy (non-hydrogen) atoms. The highest BCUT2D eigenvalue weighted by molar-refractivity contribution is 5.71. The first kappa shape index (κ1) is 103. The Morgan fingerprint density at radius 2 is 0.533 bits per heavy atom. The fraction of sp³-hybridized carbons (Fsp3) is 0.786. The second-order valence-electron chi connectivity index (χ2n) is 32.2. The number of hydrogen-bond donors (Lipinski definition) is 1. The van der Waals surface area contributed by atoms with Gasteiger partial charge in [0.1, 0.15) is 13.2 Å². The Morgan fingerprint density at radius 3 is 0.804 bits per heavy atom. The number of allylic oxidation sites excluding steroid dienone is 18. The number of esters is 2. The Bertz CT molecular complexity index is 2140. The predicted molar refractivity (Wildman–Crippen MR) is 465 cm³/mol. The number of carboxylic acid groups (broad SMARTS) is 1. The lowest BCUT2D eigenvalue weighted by Gasteiger charge is -2.25. The summed E-state index contributed by atoms with van der Waals surface area (Å²) >= 11 is 0. The number of likely N-dealkylation sites (N-methyl/N-ethyl adjacent to an activating group) is 1. The maximum absolute atomic E-state index is 13.0. The summed E-state index contributed by atoms with van der Waals surface area (Å²) in [6.07, 6.45) is 122. The molecule has 0 aliphatic carbocycles. The van der Waals surface area contributed by atoms with Crippen molar-refractivity contribution in [1.82, 2.24) is 0 Å². The van der Waals surface area contributed by atoms with Crippen molar-refractivity contribution in [3.8, 4) is 0 Å². The number of quaternary nitrogens is 1. The van der Waals surface area contributed by atoms with Crippen LogP contribution in [0.4, 0.5) is 0 Å². The summed E-state index contributed by atoms with van der Waals surface area (Å²) < 4.78 is 23.1. The first-order chi connectivity index (χ1) is 52.6. The first-order valence-corrected chi connectivity index (χ1v) is 46.1. The standard InChI is InChI=1S/C98H175NO8/c1-6-8-10-12-14-16-18-20-22-24-26-28-30-32-34-36-38-40-42-44-46-48-50-52-54-56-58-60-62-64-66-68-70-72-74-76-78-80-82-84-86-88-95(100)105-92-94(93-106-98(97(102)103)104-91-90-99(3,4)5)107-96(101)89-87-85-83-81-79-77-75-73-71-69-67-65-63-61-59-57-55-53-51-49-47-45-43-41-39-37-35-33-31-29-27-25-23-21-19-17-15-13-11-9-7-2/h9,11,15,17,21,23-24,26-27,29,33,35,39,41,45,47,51,53,94,98H,6-8,10,12-14,16,18-20,22,25,28,30-32,34,36-38,40,42-44,46,48-50,52,54-93H2,1-5H3/p+1/b11-9-,17-15-,23-21-,26-24-,29-27-,35-33-,41-39-,47-45-,53-51-. The van der Waals surface area contributed by atoms with Crippen LogP contribution in [0.3, 0.4) is 0 Å². The molecule has 0 heterocycles. The predicted octanol–water partition coefficient (Wildman–Crippen LogP) is 30.4. The fourth-order valence-corrected chi connectivity index (χ4v) is 13.6. The quantitative estimate of drug-likeness (QED) is 0.0211. The van der Waals surface area contributed by atoms with Crippen LogP contribution in [-0.4, -0.2) is 87.4 Å². The summed E-state index contributed by atoms with van der Waals surface area (Å²) in [7, 11) is 6.00. The van der Waals surface area contributed by atoms with Crippen LogP contribution in [0.5, 0.6) is 0 Å². The molecule has 9 heteroatoms. The lowest BCUT2D eigenvalue weighted by molar-refractivity contribution is -0.870. The summed E-state index contributed by atoms with van der Waals surface area (Å²) in [5, 5.41) is 9.80. The molecule has 0 aliphatic heterocycles. The largest absolute Gasteiger partial charge is 0.477 e. The SMILES string of the molecule is CC/C=C\C/C=C\C/C=C\C/C=C\C/C=C\C/C=C\C/C=C\C/C=C\CCCCCCCCCCCCCCCCCCC(=O)OC(COC(=O)CCCCCCCCCCCCCCCCCCCCCCCCCCCCCCC/C=C\CCCCCCCCCC)COC(OCC[N+](C)(C)C)C(=O)O. The number of hydrogen-bond acceptors (Lipinski definition) is 7. The second kappa shape index (κ2) is 87.5. The molecule has 0 fully saturated rings. The Hall–Kier alpha value is -4.05. The molecular weight excluding hydrogens is 1320 g/mol. The molecule has 620 valence electrons. The van der Waals surface area contributed by atoms with Gasteiger partial charge in [-0.1, -0.05) is 431 Å². The molecule has 2 atom stereocenters. The number of aliphatic carboxylic acids is 1. The lowest BCUT2D eigenvalue weighted by Crippen LogP contribution is -2.40. The molecule has 0 saturated carbocycles. The van der Waals surface area contributed by atoms with E-state index in [4.69, 9.17) is 18.9 Å². The van der Waals surface area contributed by atoms with Gasteiger partial charge in [-0.05, 0) is 103 Å². The highest BCUT2D eigenvalue weighted by Gasteiger charge is 2.25. The molecule has 0 bridgehead atoms. The van der Waals surface area contributed by atoms with Gasteiger partial charge in [0.15, 0.2) is 6.10 Å². The van der Waals surface area contributed by atoms with Crippen molar-refractivity contribution < 1.29 is 42.9 Å². The van der Waals surface area contributed by atoms with Crippen molar-refractivity contribution in [2.75, 3.05) is 47.5 Å². The number of nitrogens with zero attached hydrogens (tertiary/aromatic N) is 1. The third-order valence-corrected chi connectivity index (χ3v) is 20.5. The van der Waals surface area contributed by atoms with E-state index in [9.17, 15) is 19.5 Å². The molecule has 1 N–H and O–H groups in total. The molecule has 0 aromatic carbocycles. The molecular formula is C98H176NO8+. The highest BCUT2D eigenvalue weighted by atomic mass is 16.7. The number of carbonyl (C=O) groups excluding carboxylic acids is 2. The summed E-state index contributed by atoms with van der Waals surface area (Å²) in [4.78, 5) is 37.8. The molecule has 0 aliphatic rings. The first-order valence-electron chi connectivity index (χ1n) is 46.1. The average molecular weight is 1500 g/mol. The van der Waals surface area contributed by atoms with Gasteiger partial charge in [0.2, 0.25) is 0 Å². The fourth-order valence-electron chi connectivity index (χ4n) is 13.6. The van der Waals surface area contributed by atoms with E-state index in [1.165, 1.54) is 321 Å². The number of ether oxygens (including phenoxy) is 4. The Labute approximate surface area is 664 Å². The van der Waals surface area contributed by atoms with Crippen LogP contribution in [0, 0.1) is 0 Å². The van der Waals surface area contributed by atoms with Crippen LogP contribution in [0.25, 0.3) is 0 Å². The van der Waals surface area contributed by atoms with Crippen LogP contribution < -0.4 is 0 Å². The average Bonchev–Trinajstić information content (AvgIpc) is 0.965. The van der Waals surface area contributed by atoms with Crippen molar-refractivity contribution in [2.24, 2.45) is 0 Å². The van der Waals surface area contributed by atoms with Crippen molar-refractivity contribution >= 4 is 17.9 Å². The molecule has 2 unspecified atom stereocenters. The summed E-state index contributed by atoms with van der Waals surface area (Å²) in [6, 6.07) is 0. The van der Waals surface area contributed by atoms with Gasteiger partial charge in [-0.3, -0.25) is 9.59 Å². The third-order valence-electron chi connectivity index (χ3n) is 20.5. The minimum atomic E-state index is -1.51. The zero-order valence-electron chi connectivity index (χ0n) is 71.3. The Balaban J connectivity index is 3.93. The zero-order chi connectivity index (χ0) is 77.4. The molecule has 9 nitrogen and oxygen atoms in total. The molecule has 0 rings (SSSR count). The molecule has 0 saturated heterocycles. The van der Waals surface area contributed by atoms with E-state index in [1.54, 1.807) is 0 Å². The van der Waals surface area contributed by atoms with Crippen molar-refractivity contribution in [3.63, 3.8) is 0 Å². The zero-order valence-corrected chi connectivity index (χ0v) is 71.3. The second-order valence-corrected chi connectivity index (χ2v) is 32.2. The third kappa shape index (κ3) is 89.0. The maximum atomic E-state index is 13.0. The minimum Gasteiger partial charge on any atom is -0.477 e. The van der Waals surface area contributed by atoms with Crippen LogP contribution in [0.1, 0.15) is 438 Å². The van der Waals surface area contributed by atoms with E-state index in [0.29, 0.717) is 17.4 Å². The van der Waals surface area contributed by atoms with Crippen molar-refractivity contribution in [2.45, 2.75) is 450 Å². The molecule has 0 aromatic heterocycles. The number of unbranched alkanes of at least 4 members (excludes halogenated alkanes) is 53. The molecule has 0 aromatic rings. The normalized spacial score (nSPS) is 13.1. The maximum Gasteiger partial charge on any atom is 0.361 e. The highest BCUT2D eigenvalue weighted by Crippen LogP contribution is 2.20. The summed E-state index contributed by atoms with van der Waals surface area (Å²) in [5.74, 6) is -1.98. The van der Waals surface area contributed by atoms with Gasteiger partial charge < -0.3 is 28.5 Å². The monoisotopic (exact) mass is 1500 g/mol. The van der Waals surface area contributed by atoms with E-state index in [0.717, 1.165) is 89.9 Å². The van der Waals surface area contributed by atoms with Crippen molar-refractivity contribution in [1.29, 1.82) is 0 Å². The van der Waals surface area contributed by atoms with Crippen molar-refractivity contribution in [3.05, 3.63) is 109 Å². The van der Waals surface area contributed by atoms with Gasteiger partial charge in [0, 0.05) is 12.8 Å². The van der Waals surface area contributed by atoms with E-state index >= 15 is 0 Å². The summed E-state index contributed by atoms with van der Waals surface area (Å²) in [6.45, 7) is 4.82. The van der Waals surface area contributed by atoms with Gasteiger partial charge in [-0.2, -0.15) is 0 Å². The van der Waals surface area contributed by atoms with Gasteiger partial charge >= 0.3 is 17.9 Å². The van der Waals surface area contributed by atoms with Gasteiger partial charge in [0.25, 0.3) is 6.29 Å². The Morgan fingerprint density at radius 1 is 0.290 bits per heavy atom. The van der Waals surface area contributed by atoms with Gasteiger partial charge in [-0.25, -0.2) is 4.79 Å². The van der Waals surface area contributed by atoms with E-state index in [2.05, 4.69) is 123 Å². The molecule has 0 amide bonds. The number of rotatable bonds is 86. The van der Waals surface area contributed by atoms with E-state index in [1.807, 2.05) is 21.1 Å². The van der Waals surface area contributed by atoms with Gasteiger partial charge in [0.05, 0.1) is 34.4 Å². The smallest absolute Gasteiger partial charge is 0.361 e. The van der Waals surface area contributed by atoms with Crippen LogP contribution in [0.2, 0.25) is 0 Å². The minimum absolute atomic E-state index is 0.180. The van der Waals surface area contributed by atoms with E-state index in [-0.39, 0.29) is 38.2 Å². The number of carboxylic acids is 1. The number of carbonyl (C=O) groups is 3. The van der Waals surface area contributed by atoms with Crippen LogP contribution >= 0.6 is 0 Å². The summed E-state index contributed by atoms with van der Waals surface area (Å²) in [5.41, 5.74) is 0. The molecule has 0 radical (unpaired) electrons. The topological polar surface area (TPSA) is 108 Å². The molecule has 0 spiro atoms. The van der Waals surface area contributed by atoms with Crippen LogP contribution in [-0.2, 0) is 33.3 Å². The van der Waals surface area contributed by atoms with Crippen LogP contribution in [0.15, 0.2) is 109 Å². The van der Waals surface area contributed by atoms with E-state index < -0.39 is 18.4 Å². The Kier molecular flexibility index (Phi) is 84.2. The van der Waals surface area contributed by atoms with Gasteiger partial charge in [-0.15, -0.1) is 0 Å². The lowest BCUT2D eigenvalue weighted by atomic mass is 10.0.